The molecule has 3 heterocycles. The molecule has 0 bridgehead atoms. The van der Waals surface area contributed by atoms with Crippen LogP contribution in [0.2, 0.25) is 0 Å². The third-order valence-corrected chi connectivity index (χ3v) is 10.4. The molecular formula is C42H29N5OS. The molecule has 0 spiro atoms. The van der Waals surface area contributed by atoms with E-state index in [-0.39, 0.29) is 5.69 Å². The van der Waals surface area contributed by atoms with E-state index in [1.807, 2.05) is 59.9 Å². The zero-order valence-corrected chi connectivity index (χ0v) is 27.6. The maximum Gasteiger partial charge on any atom is 0.328 e. The molecule has 0 saturated carbocycles. The second kappa shape index (κ2) is 11.5. The van der Waals surface area contributed by atoms with Crippen LogP contribution in [0.25, 0.3) is 87.6 Å². The third kappa shape index (κ3) is 5.03. The van der Waals surface area contributed by atoms with Crippen molar-refractivity contribution in [3.8, 4) is 56.4 Å². The largest absolute Gasteiger partial charge is 0.328 e. The van der Waals surface area contributed by atoms with Crippen molar-refractivity contribution in [2.24, 2.45) is 14.1 Å². The third-order valence-electron chi connectivity index (χ3n) is 9.27. The lowest BCUT2D eigenvalue weighted by atomic mass is 10.0. The van der Waals surface area contributed by atoms with Crippen LogP contribution in [0, 0.1) is 0 Å². The lowest BCUT2D eigenvalue weighted by molar-refractivity contribution is 0.795. The summed E-state index contributed by atoms with van der Waals surface area (Å²) < 4.78 is 5.95. The second-order valence-corrected chi connectivity index (χ2v) is 13.3. The quantitative estimate of drug-likeness (QED) is 0.186. The van der Waals surface area contributed by atoms with E-state index < -0.39 is 0 Å². The molecule has 0 radical (unpaired) electrons. The topological polar surface area (TPSA) is 65.6 Å². The van der Waals surface area contributed by atoms with Crippen molar-refractivity contribution in [3.05, 3.63) is 150 Å². The molecule has 9 aromatic rings. The standard InChI is InChI=1S/C42H29N5OS/c1-46-35-23-21-31(24-36(35)47(2)42(46)48)26-12-16-29(17-13-26)40-43-39(28-8-4-3-5-9-28)44-41(45-40)30-18-14-27(15-19-30)32-20-22-34-33-10-6-7-11-37(33)49-38(34)25-32/h3-25H,1-2H3. The number of nitrogens with zero attached hydrogens (tertiary/aromatic N) is 5. The van der Waals surface area contributed by atoms with E-state index in [4.69, 9.17) is 15.0 Å². The molecule has 3 aromatic heterocycles. The van der Waals surface area contributed by atoms with Gasteiger partial charge >= 0.3 is 5.69 Å². The van der Waals surface area contributed by atoms with Crippen LogP contribution in [0.15, 0.2) is 144 Å². The fourth-order valence-electron chi connectivity index (χ4n) is 6.57. The summed E-state index contributed by atoms with van der Waals surface area (Å²) in [5.74, 6) is 1.85. The van der Waals surface area contributed by atoms with Gasteiger partial charge in [-0.2, -0.15) is 0 Å². The minimum absolute atomic E-state index is 0.0364. The highest BCUT2D eigenvalue weighted by Gasteiger charge is 2.14. The van der Waals surface area contributed by atoms with Gasteiger partial charge in [0.1, 0.15) is 0 Å². The average molecular weight is 652 g/mol. The van der Waals surface area contributed by atoms with E-state index in [0.29, 0.717) is 17.5 Å². The summed E-state index contributed by atoms with van der Waals surface area (Å²) >= 11 is 1.83. The molecule has 6 nitrogen and oxygen atoms in total. The van der Waals surface area contributed by atoms with Gasteiger partial charge in [-0.05, 0) is 46.5 Å². The lowest BCUT2D eigenvalue weighted by Gasteiger charge is -2.10. The molecule has 6 aromatic carbocycles. The molecule has 9 rings (SSSR count). The first-order valence-electron chi connectivity index (χ1n) is 16.1. The Morgan fingerprint density at radius 3 is 1.55 bits per heavy atom. The van der Waals surface area contributed by atoms with Crippen LogP contribution >= 0.6 is 11.3 Å². The molecule has 0 atom stereocenters. The molecule has 0 fully saturated rings. The Morgan fingerprint density at radius 2 is 0.898 bits per heavy atom. The van der Waals surface area contributed by atoms with Gasteiger partial charge in [-0.15, -0.1) is 11.3 Å². The van der Waals surface area contributed by atoms with Crippen LogP contribution in [-0.4, -0.2) is 24.1 Å². The predicted octanol–water partition coefficient (Wildman–Crippen LogP) is 9.76. The number of hydrogen-bond acceptors (Lipinski definition) is 5. The van der Waals surface area contributed by atoms with Crippen LogP contribution in [0.5, 0.6) is 0 Å². The van der Waals surface area contributed by atoms with Gasteiger partial charge in [-0.3, -0.25) is 9.13 Å². The molecule has 0 saturated heterocycles. The van der Waals surface area contributed by atoms with Crippen molar-refractivity contribution in [1.29, 1.82) is 0 Å². The number of fused-ring (bicyclic) bond motifs is 4. The first-order chi connectivity index (χ1) is 24.0. The van der Waals surface area contributed by atoms with Crippen molar-refractivity contribution < 1.29 is 0 Å². The van der Waals surface area contributed by atoms with Gasteiger partial charge in [0.05, 0.1) is 11.0 Å². The summed E-state index contributed by atoms with van der Waals surface area (Å²) in [4.78, 5) is 27.3. The zero-order chi connectivity index (χ0) is 33.1. The highest BCUT2D eigenvalue weighted by atomic mass is 32.1. The van der Waals surface area contributed by atoms with Crippen molar-refractivity contribution in [2.75, 3.05) is 0 Å². The average Bonchev–Trinajstić information content (AvgIpc) is 3.64. The Kier molecular flexibility index (Phi) is 6.81. The SMILES string of the molecule is Cn1c(=O)n(C)c2cc(-c3ccc(-c4nc(-c5ccccc5)nc(-c5ccc(-c6ccc7c(c6)sc6ccccc67)cc5)n4)cc3)ccc21. The number of benzene rings is 6. The van der Waals surface area contributed by atoms with Crippen LogP contribution in [0.1, 0.15) is 0 Å². The van der Waals surface area contributed by atoms with E-state index in [1.54, 1.807) is 23.2 Å². The minimum Gasteiger partial charge on any atom is -0.295 e. The van der Waals surface area contributed by atoms with Gasteiger partial charge < -0.3 is 0 Å². The summed E-state index contributed by atoms with van der Waals surface area (Å²) in [5.41, 5.74) is 8.92. The van der Waals surface area contributed by atoms with Crippen molar-refractivity contribution >= 4 is 42.5 Å². The molecule has 0 aliphatic heterocycles. The fraction of sp³-hybridized carbons (Fsp3) is 0.0476. The number of thiophene rings is 1. The van der Waals surface area contributed by atoms with Crippen LogP contribution in [0.4, 0.5) is 0 Å². The summed E-state index contributed by atoms with van der Waals surface area (Å²) in [6.45, 7) is 0. The maximum absolute atomic E-state index is 12.5. The number of aromatic nitrogens is 5. The zero-order valence-electron chi connectivity index (χ0n) is 26.8. The summed E-state index contributed by atoms with van der Waals surface area (Å²) in [5, 5.41) is 2.60. The van der Waals surface area contributed by atoms with Gasteiger partial charge in [0, 0.05) is 51.0 Å². The lowest BCUT2D eigenvalue weighted by Crippen LogP contribution is -2.19. The highest BCUT2D eigenvalue weighted by molar-refractivity contribution is 7.25. The van der Waals surface area contributed by atoms with Crippen molar-refractivity contribution in [1.82, 2.24) is 24.1 Å². The number of hydrogen-bond donors (Lipinski definition) is 0. The van der Waals surface area contributed by atoms with E-state index >= 15 is 0 Å². The van der Waals surface area contributed by atoms with Gasteiger partial charge in [-0.25, -0.2) is 19.7 Å². The van der Waals surface area contributed by atoms with Gasteiger partial charge in [0.15, 0.2) is 17.5 Å². The van der Waals surface area contributed by atoms with E-state index in [1.165, 1.54) is 25.7 Å². The molecule has 234 valence electrons. The monoisotopic (exact) mass is 651 g/mol. The minimum atomic E-state index is -0.0364. The van der Waals surface area contributed by atoms with Gasteiger partial charge in [0.25, 0.3) is 0 Å². The normalized spacial score (nSPS) is 11.6. The highest BCUT2D eigenvalue weighted by Crippen LogP contribution is 2.37. The maximum atomic E-state index is 12.5. The molecule has 0 N–H and O–H groups in total. The Bertz CT molecular complexity index is 2740. The number of imidazole rings is 1. The first kappa shape index (κ1) is 29.0. The Hall–Kier alpha value is -6.18. The molecule has 49 heavy (non-hydrogen) atoms. The number of rotatable bonds is 5. The molecule has 0 amide bonds. The van der Waals surface area contributed by atoms with E-state index in [0.717, 1.165) is 44.4 Å². The summed E-state index contributed by atoms with van der Waals surface area (Å²) in [6.07, 6.45) is 0. The van der Waals surface area contributed by atoms with Gasteiger partial charge in [-0.1, -0.05) is 115 Å². The van der Waals surface area contributed by atoms with Gasteiger partial charge in [0.2, 0.25) is 0 Å². The Morgan fingerprint density at radius 1 is 0.429 bits per heavy atom. The molecular weight excluding hydrogens is 623 g/mol. The van der Waals surface area contributed by atoms with Crippen molar-refractivity contribution in [3.63, 3.8) is 0 Å². The molecule has 7 heteroatoms. The summed E-state index contributed by atoms with van der Waals surface area (Å²) in [6, 6.07) is 48.1. The second-order valence-electron chi connectivity index (χ2n) is 12.2. The van der Waals surface area contributed by atoms with Crippen LogP contribution in [0.3, 0.4) is 0 Å². The Balaban J connectivity index is 1.07. The van der Waals surface area contributed by atoms with E-state index in [2.05, 4.69) is 91.0 Å². The molecule has 0 aliphatic carbocycles. The smallest absolute Gasteiger partial charge is 0.295 e. The molecule has 0 unspecified atom stereocenters. The van der Waals surface area contributed by atoms with E-state index in [9.17, 15) is 4.79 Å². The summed E-state index contributed by atoms with van der Waals surface area (Å²) in [7, 11) is 3.60. The Labute approximate surface area is 286 Å². The fourth-order valence-corrected chi connectivity index (χ4v) is 7.71. The van der Waals surface area contributed by atoms with Crippen molar-refractivity contribution in [2.45, 2.75) is 0 Å². The molecule has 0 aliphatic rings. The predicted molar refractivity (Wildman–Crippen MR) is 202 cm³/mol. The first-order valence-corrected chi connectivity index (χ1v) is 16.9. The van der Waals surface area contributed by atoms with Crippen LogP contribution in [-0.2, 0) is 14.1 Å². The number of aryl methyl sites for hydroxylation is 2. The van der Waals surface area contributed by atoms with Crippen LogP contribution < -0.4 is 5.69 Å².